The zero-order valence-electron chi connectivity index (χ0n) is 22.1. The van der Waals surface area contributed by atoms with Gasteiger partial charge in [-0.05, 0) is 76.0 Å². The van der Waals surface area contributed by atoms with Crippen molar-refractivity contribution in [3.05, 3.63) is 52.7 Å². The first-order valence-electron chi connectivity index (χ1n) is 13.2. The van der Waals surface area contributed by atoms with Gasteiger partial charge in [-0.15, -0.1) is 0 Å². The molecule has 0 amide bonds. The number of rotatable bonds is 9. The maximum Gasteiger partial charge on any atom is 0.341 e. The van der Waals surface area contributed by atoms with Crippen LogP contribution in [0.3, 0.4) is 0 Å². The fourth-order valence-corrected chi connectivity index (χ4v) is 6.01. The zero-order valence-corrected chi connectivity index (χ0v) is 22.9. The molecule has 1 saturated carbocycles. The van der Waals surface area contributed by atoms with Gasteiger partial charge < -0.3 is 23.9 Å². The lowest BCUT2D eigenvalue weighted by atomic mass is 9.99. The Hall–Kier alpha value is -3.30. The highest BCUT2D eigenvalue weighted by molar-refractivity contribution is 7.67. The van der Waals surface area contributed by atoms with E-state index in [2.05, 4.69) is 9.47 Å². The Bertz CT molecular complexity index is 1410. The first kappa shape index (κ1) is 26.3. The first-order valence-corrected chi connectivity index (χ1v) is 13.9. The fourth-order valence-electron chi connectivity index (χ4n) is 5.50. The second-order valence-corrected chi connectivity index (χ2v) is 10.4. The van der Waals surface area contributed by atoms with Crippen LogP contribution >= 0.6 is 0 Å². The Morgan fingerprint density at radius 2 is 1.79 bits per heavy atom. The number of aromatic hydroxyl groups is 1. The molecule has 0 unspecified atom stereocenters. The summed E-state index contributed by atoms with van der Waals surface area (Å²) in [6.07, 6.45) is 5.32. The number of hydrogen-bond donors (Lipinski definition) is 1. The summed E-state index contributed by atoms with van der Waals surface area (Å²) in [5.74, 6) is 0.695. The van der Waals surface area contributed by atoms with Gasteiger partial charge in [-0.1, -0.05) is 6.42 Å². The second kappa shape index (κ2) is 11.2. The van der Waals surface area contributed by atoms with Crippen molar-refractivity contribution < 1.29 is 28.3 Å². The summed E-state index contributed by atoms with van der Waals surface area (Å²) in [6, 6.07) is 9.04. The van der Waals surface area contributed by atoms with Crippen LogP contribution in [0.4, 0.5) is 0 Å². The Labute approximate surface area is 226 Å². The summed E-state index contributed by atoms with van der Waals surface area (Å²) in [5, 5.41) is 11.7. The molecule has 2 aliphatic rings. The maximum absolute atomic E-state index is 13.7. The monoisotopic (exact) mass is 538 g/mol. The number of esters is 1. The molecular weight excluding hydrogens is 504 g/mol. The second-order valence-electron chi connectivity index (χ2n) is 9.82. The molecule has 0 bridgehead atoms. The number of fused-ring (bicyclic) bond motifs is 1. The molecule has 0 radical (unpaired) electrons. The maximum atomic E-state index is 13.7. The molecule has 5 rings (SSSR count). The van der Waals surface area contributed by atoms with Crippen LogP contribution in [0.1, 0.15) is 72.2 Å². The summed E-state index contributed by atoms with van der Waals surface area (Å²) >= 11 is 0.347. The van der Waals surface area contributed by atoms with E-state index in [1.807, 2.05) is 6.07 Å². The van der Waals surface area contributed by atoms with Gasteiger partial charge >= 0.3 is 5.97 Å². The number of ether oxygens (including phenoxy) is 3. The normalized spacial score (nSPS) is 15.9. The highest BCUT2D eigenvalue weighted by Gasteiger charge is 2.36. The standard InChI is InChI=1S/C29H34N2O6S/c1-4-37-29(33)26-25-20(17-30-14-6-5-7-15-30)22(32)12-11-21(25)31(19-9-10-19)27(26)28(38-34)18-8-13-23(35-2)24(16-18)36-3/h8,11-13,16,19,32H,4-7,9-10,14-15,17H2,1-3H3. The molecule has 9 heteroatoms. The Kier molecular flexibility index (Phi) is 7.76. The van der Waals surface area contributed by atoms with E-state index in [1.165, 1.54) is 6.42 Å². The first-order chi connectivity index (χ1) is 18.5. The molecule has 202 valence electrons. The van der Waals surface area contributed by atoms with Gasteiger partial charge in [0.05, 0.1) is 53.7 Å². The van der Waals surface area contributed by atoms with Gasteiger partial charge in [-0.2, -0.15) is 0 Å². The third-order valence-electron chi connectivity index (χ3n) is 7.42. The van der Waals surface area contributed by atoms with E-state index in [4.69, 9.17) is 14.2 Å². The van der Waals surface area contributed by atoms with E-state index in [-0.39, 0.29) is 18.4 Å². The Balaban J connectivity index is 1.79. The van der Waals surface area contributed by atoms with Crippen LogP contribution in [0, 0.1) is 0 Å². The zero-order chi connectivity index (χ0) is 26.8. The van der Waals surface area contributed by atoms with Gasteiger partial charge in [0.2, 0.25) is 0 Å². The number of likely N-dealkylation sites (tertiary alicyclic amines) is 1. The van der Waals surface area contributed by atoms with Crippen molar-refractivity contribution in [2.45, 2.75) is 51.6 Å². The summed E-state index contributed by atoms with van der Waals surface area (Å²) in [5.41, 5.74) is 3.04. The molecule has 1 aliphatic carbocycles. The van der Waals surface area contributed by atoms with Crippen LogP contribution in [0.15, 0.2) is 30.3 Å². The molecule has 1 aliphatic heterocycles. The average Bonchev–Trinajstić information content (AvgIpc) is 3.72. The number of phenolic OH excluding ortho intramolecular Hbond substituents is 1. The molecular formula is C29H34N2O6S. The van der Waals surface area contributed by atoms with Crippen molar-refractivity contribution in [3.8, 4) is 17.2 Å². The lowest BCUT2D eigenvalue weighted by Crippen LogP contribution is -2.29. The molecule has 1 N–H and O–H groups in total. The summed E-state index contributed by atoms with van der Waals surface area (Å²) in [6.45, 7) is 4.39. The molecule has 8 nitrogen and oxygen atoms in total. The van der Waals surface area contributed by atoms with Crippen LogP contribution in [0.5, 0.6) is 17.2 Å². The Morgan fingerprint density at radius 1 is 1.05 bits per heavy atom. The number of methoxy groups -OCH3 is 2. The number of phenols is 1. The van der Waals surface area contributed by atoms with E-state index >= 15 is 0 Å². The van der Waals surface area contributed by atoms with Gasteiger partial charge in [0.25, 0.3) is 0 Å². The number of nitrogens with zero attached hydrogens (tertiary/aromatic N) is 2. The number of benzene rings is 2. The van der Waals surface area contributed by atoms with Crippen molar-refractivity contribution in [3.63, 3.8) is 0 Å². The minimum atomic E-state index is -0.496. The van der Waals surface area contributed by atoms with Gasteiger partial charge in [0.1, 0.15) is 5.75 Å². The van der Waals surface area contributed by atoms with Crippen LogP contribution in [0.2, 0.25) is 0 Å². The molecule has 3 aromatic rings. The lowest BCUT2D eigenvalue weighted by molar-refractivity contribution is 0.0528. The fraction of sp³-hybridized carbons (Fsp3) is 0.448. The minimum Gasteiger partial charge on any atom is -0.508 e. The van der Waals surface area contributed by atoms with Crippen LogP contribution in [-0.2, 0) is 22.5 Å². The molecule has 2 fully saturated rings. The predicted octanol–water partition coefficient (Wildman–Crippen LogP) is 4.64. The Morgan fingerprint density at radius 3 is 2.42 bits per heavy atom. The summed E-state index contributed by atoms with van der Waals surface area (Å²) < 4.78 is 31.4. The number of carbonyl (C=O) groups is 1. The van der Waals surface area contributed by atoms with Crippen molar-refractivity contribution in [2.24, 2.45) is 0 Å². The van der Waals surface area contributed by atoms with E-state index < -0.39 is 5.97 Å². The van der Waals surface area contributed by atoms with Crippen molar-refractivity contribution >= 4 is 33.0 Å². The molecule has 1 aromatic heterocycles. The summed E-state index contributed by atoms with van der Waals surface area (Å²) in [4.78, 5) is 16.4. The van der Waals surface area contributed by atoms with Crippen LogP contribution < -0.4 is 9.47 Å². The van der Waals surface area contributed by atoms with Gasteiger partial charge in [0, 0.05) is 29.1 Å². The number of carbonyl (C=O) groups excluding carboxylic acids is 1. The number of hydrogen-bond acceptors (Lipinski definition) is 7. The smallest absolute Gasteiger partial charge is 0.341 e. The van der Waals surface area contributed by atoms with Crippen molar-refractivity contribution in [1.29, 1.82) is 0 Å². The third-order valence-corrected chi connectivity index (χ3v) is 8.02. The van der Waals surface area contributed by atoms with E-state index in [1.54, 1.807) is 45.4 Å². The van der Waals surface area contributed by atoms with Crippen molar-refractivity contribution in [2.75, 3.05) is 33.9 Å². The van der Waals surface area contributed by atoms with E-state index in [0.717, 1.165) is 44.3 Å². The van der Waals surface area contributed by atoms with Gasteiger partial charge in [0.15, 0.2) is 11.5 Å². The summed E-state index contributed by atoms with van der Waals surface area (Å²) in [7, 11) is 3.11. The molecule has 2 aromatic carbocycles. The van der Waals surface area contributed by atoms with E-state index in [0.29, 0.717) is 61.9 Å². The molecule has 38 heavy (non-hydrogen) atoms. The molecule has 2 heterocycles. The third kappa shape index (κ3) is 4.80. The largest absolute Gasteiger partial charge is 0.508 e. The minimum absolute atomic E-state index is 0.149. The van der Waals surface area contributed by atoms with Crippen LogP contribution in [-0.4, -0.2) is 63.5 Å². The van der Waals surface area contributed by atoms with E-state index in [9.17, 15) is 14.1 Å². The quantitative estimate of drug-likeness (QED) is 0.241. The van der Waals surface area contributed by atoms with Crippen LogP contribution in [0.25, 0.3) is 10.9 Å². The number of piperidine rings is 1. The van der Waals surface area contributed by atoms with Gasteiger partial charge in [-0.3, -0.25) is 4.90 Å². The topological polar surface area (TPSA) is 90.2 Å². The van der Waals surface area contributed by atoms with Gasteiger partial charge in [-0.25, -0.2) is 9.00 Å². The number of aromatic nitrogens is 1. The molecule has 0 spiro atoms. The molecule has 0 atom stereocenters. The van der Waals surface area contributed by atoms with Crippen molar-refractivity contribution in [1.82, 2.24) is 9.47 Å². The molecule has 1 saturated heterocycles. The highest BCUT2D eigenvalue weighted by atomic mass is 32.1. The predicted molar refractivity (Wildman–Crippen MR) is 148 cm³/mol. The lowest BCUT2D eigenvalue weighted by Gasteiger charge is -2.27. The highest BCUT2D eigenvalue weighted by Crippen LogP contribution is 2.45. The SMILES string of the molecule is CCOC(=O)c1c(C(=S=O)c2ccc(OC)c(OC)c2)n(C2CC2)c2ccc(O)c(CN3CCCCC3)c12. The average molecular weight is 539 g/mol.